The van der Waals surface area contributed by atoms with E-state index in [0.29, 0.717) is 0 Å². The molecule has 0 radical (unpaired) electrons. The SMILES string of the molecule is COCO[C@@H]([C@H](OC(=O)C(C)(C)C)[C@H](C)C#C[Si](C)(C)C)[C@@H]1CC[C@H](CCI)O1. The Kier molecular flexibility index (Phi) is 11.2. The van der Waals surface area contributed by atoms with E-state index in [1.807, 2.05) is 27.7 Å². The lowest BCUT2D eigenvalue weighted by Gasteiger charge is -2.34. The standard InChI is InChI=1S/C22H39IO5Si/c1-16(12-14-29(6,7)8)19(28-21(24)22(2,3)4)20(26-15-25-5)18-10-9-17(27-18)11-13-23/h16-20H,9-11,13,15H2,1-8H3/t16-,17-,18+,19-,20-/m1/s1. The average molecular weight is 539 g/mol. The number of rotatable bonds is 9. The van der Waals surface area contributed by atoms with Crippen molar-refractivity contribution in [2.24, 2.45) is 11.3 Å². The van der Waals surface area contributed by atoms with Gasteiger partial charge in [-0.05, 0) is 47.0 Å². The van der Waals surface area contributed by atoms with E-state index in [1.165, 1.54) is 0 Å². The van der Waals surface area contributed by atoms with E-state index in [0.717, 1.165) is 23.7 Å². The van der Waals surface area contributed by atoms with Crippen LogP contribution in [-0.2, 0) is 23.7 Å². The van der Waals surface area contributed by atoms with Crippen LogP contribution in [0.2, 0.25) is 19.6 Å². The van der Waals surface area contributed by atoms with Gasteiger partial charge in [0.15, 0.2) is 0 Å². The molecule has 5 nitrogen and oxygen atoms in total. The van der Waals surface area contributed by atoms with E-state index in [1.54, 1.807) is 7.11 Å². The summed E-state index contributed by atoms with van der Waals surface area (Å²) in [6.07, 6.45) is 2.07. The van der Waals surface area contributed by atoms with Crippen LogP contribution in [0, 0.1) is 22.8 Å². The van der Waals surface area contributed by atoms with Crippen molar-refractivity contribution in [1.82, 2.24) is 0 Å². The third-order valence-corrected chi connectivity index (χ3v) is 6.18. The lowest BCUT2D eigenvalue weighted by atomic mass is 9.93. The Morgan fingerprint density at radius 1 is 1.28 bits per heavy atom. The Labute approximate surface area is 192 Å². The minimum absolute atomic E-state index is 0.124. The first-order valence-electron chi connectivity index (χ1n) is 10.4. The number of methoxy groups -OCH3 is 1. The minimum Gasteiger partial charge on any atom is -0.458 e. The predicted octanol–water partition coefficient (Wildman–Crippen LogP) is 4.82. The highest BCUT2D eigenvalue weighted by molar-refractivity contribution is 14.1. The smallest absolute Gasteiger partial charge is 0.311 e. The van der Waals surface area contributed by atoms with Crippen molar-refractivity contribution in [2.45, 2.75) is 91.0 Å². The highest BCUT2D eigenvalue weighted by Crippen LogP contribution is 2.31. The molecule has 0 spiro atoms. The van der Waals surface area contributed by atoms with Crippen molar-refractivity contribution < 1.29 is 23.7 Å². The van der Waals surface area contributed by atoms with Gasteiger partial charge >= 0.3 is 5.97 Å². The van der Waals surface area contributed by atoms with Crippen molar-refractivity contribution in [3.05, 3.63) is 0 Å². The Morgan fingerprint density at radius 3 is 2.45 bits per heavy atom. The third-order valence-electron chi connectivity index (χ3n) is 4.66. The van der Waals surface area contributed by atoms with Crippen LogP contribution in [0.25, 0.3) is 0 Å². The van der Waals surface area contributed by atoms with Gasteiger partial charge in [-0.15, -0.1) is 11.5 Å². The van der Waals surface area contributed by atoms with Gasteiger partial charge in [0.25, 0.3) is 0 Å². The molecule has 0 bridgehead atoms. The van der Waals surface area contributed by atoms with E-state index in [2.05, 4.69) is 53.7 Å². The van der Waals surface area contributed by atoms with Crippen molar-refractivity contribution in [1.29, 1.82) is 0 Å². The molecule has 1 fully saturated rings. The van der Waals surface area contributed by atoms with E-state index >= 15 is 0 Å². The lowest BCUT2D eigenvalue weighted by molar-refractivity contribution is -0.194. The zero-order valence-electron chi connectivity index (χ0n) is 19.3. The number of hydrogen-bond donors (Lipinski definition) is 0. The molecule has 1 rings (SSSR count). The molecule has 0 unspecified atom stereocenters. The molecule has 29 heavy (non-hydrogen) atoms. The van der Waals surface area contributed by atoms with Gasteiger partial charge in [-0.3, -0.25) is 4.79 Å². The van der Waals surface area contributed by atoms with Gasteiger partial charge in [0.2, 0.25) is 0 Å². The van der Waals surface area contributed by atoms with Crippen LogP contribution >= 0.6 is 22.6 Å². The fraction of sp³-hybridized carbons (Fsp3) is 0.864. The highest BCUT2D eigenvalue weighted by Gasteiger charge is 2.42. The molecule has 0 saturated carbocycles. The van der Waals surface area contributed by atoms with Crippen LogP contribution in [0.15, 0.2) is 0 Å². The Bertz CT molecular complexity index is 572. The third kappa shape index (κ3) is 9.68. The molecular formula is C22H39IO5Si. The summed E-state index contributed by atoms with van der Waals surface area (Å²) in [4.78, 5) is 12.8. The number of halogens is 1. The van der Waals surface area contributed by atoms with E-state index < -0.39 is 25.7 Å². The summed E-state index contributed by atoms with van der Waals surface area (Å²) in [7, 11) is 0.0384. The van der Waals surface area contributed by atoms with Gasteiger partial charge < -0.3 is 18.9 Å². The molecule has 1 saturated heterocycles. The molecule has 168 valence electrons. The Balaban J connectivity index is 3.16. The number of carbonyl (C=O) groups excluding carboxylic acids is 1. The van der Waals surface area contributed by atoms with Crippen LogP contribution in [-0.4, -0.2) is 56.8 Å². The van der Waals surface area contributed by atoms with Gasteiger partial charge in [-0.1, -0.05) is 42.2 Å². The number of alkyl halides is 1. The fourth-order valence-corrected chi connectivity index (χ4v) is 4.39. The number of carbonyl (C=O) groups is 1. The fourth-order valence-electron chi connectivity index (χ4n) is 3.04. The Morgan fingerprint density at radius 2 is 1.93 bits per heavy atom. The Hall–Kier alpha value is -0.143. The molecule has 0 amide bonds. The van der Waals surface area contributed by atoms with E-state index in [4.69, 9.17) is 18.9 Å². The molecule has 7 heteroatoms. The second kappa shape index (κ2) is 12.0. The van der Waals surface area contributed by atoms with Crippen LogP contribution in [0.3, 0.4) is 0 Å². The monoisotopic (exact) mass is 538 g/mol. The second-order valence-electron chi connectivity index (χ2n) is 9.82. The van der Waals surface area contributed by atoms with Crippen LogP contribution in [0.4, 0.5) is 0 Å². The van der Waals surface area contributed by atoms with Gasteiger partial charge in [0.1, 0.15) is 27.1 Å². The zero-order valence-corrected chi connectivity index (χ0v) is 22.5. The number of esters is 1. The van der Waals surface area contributed by atoms with Gasteiger partial charge in [-0.25, -0.2) is 0 Å². The van der Waals surface area contributed by atoms with Crippen molar-refractivity contribution in [3.8, 4) is 11.5 Å². The maximum atomic E-state index is 12.8. The molecule has 1 aliphatic heterocycles. The molecule has 0 aliphatic carbocycles. The minimum atomic E-state index is -1.55. The first-order valence-corrected chi connectivity index (χ1v) is 15.5. The normalized spacial score (nSPS) is 23.1. The predicted molar refractivity (Wildman–Crippen MR) is 128 cm³/mol. The summed E-state index contributed by atoms with van der Waals surface area (Å²) in [6, 6.07) is 0. The second-order valence-corrected chi connectivity index (χ2v) is 15.6. The van der Waals surface area contributed by atoms with E-state index in [-0.39, 0.29) is 30.9 Å². The first kappa shape index (κ1) is 26.9. The maximum Gasteiger partial charge on any atom is 0.311 e. The topological polar surface area (TPSA) is 54.0 Å². The molecule has 0 aromatic heterocycles. The summed E-state index contributed by atoms with van der Waals surface area (Å²) >= 11 is 2.38. The molecule has 0 N–H and O–H groups in total. The summed E-state index contributed by atoms with van der Waals surface area (Å²) in [5.41, 5.74) is 2.81. The summed E-state index contributed by atoms with van der Waals surface area (Å²) in [5.74, 6) is 2.94. The molecular weight excluding hydrogens is 499 g/mol. The van der Waals surface area contributed by atoms with Crippen LogP contribution < -0.4 is 0 Å². The molecule has 0 aromatic carbocycles. The molecule has 1 heterocycles. The number of hydrogen-bond acceptors (Lipinski definition) is 5. The first-order chi connectivity index (χ1) is 13.4. The quantitative estimate of drug-likeness (QED) is 0.105. The van der Waals surface area contributed by atoms with E-state index in [9.17, 15) is 4.79 Å². The summed E-state index contributed by atoms with van der Waals surface area (Å²) < 4.78 is 24.6. The highest BCUT2D eigenvalue weighted by atomic mass is 127. The average Bonchev–Trinajstić information content (AvgIpc) is 3.06. The van der Waals surface area contributed by atoms with Gasteiger partial charge in [0.05, 0.1) is 23.5 Å². The zero-order chi connectivity index (χ0) is 22.2. The molecule has 1 aliphatic rings. The van der Waals surface area contributed by atoms with Crippen LogP contribution in [0.1, 0.15) is 47.0 Å². The van der Waals surface area contributed by atoms with Gasteiger partial charge in [-0.2, -0.15) is 0 Å². The van der Waals surface area contributed by atoms with Crippen molar-refractivity contribution in [3.63, 3.8) is 0 Å². The largest absolute Gasteiger partial charge is 0.458 e. The van der Waals surface area contributed by atoms with Crippen LogP contribution in [0.5, 0.6) is 0 Å². The van der Waals surface area contributed by atoms with Gasteiger partial charge in [0, 0.05) is 11.5 Å². The number of ether oxygens (including phenoxy) is 4. The molecule has 0 aromatic rings. The maximum absolute atomic E-state index is 12.8. The van der Waals surface area contributed by atoms with Crippen molar-refractivity contribution in [2.75, 3.05) is 18.3 Å². The molecule has 5 atom stereocenters. The summed E-state index contributed by atoms with van der Waals surface area (Å²) in [5, 5.41) is 0. The van der Waals surface area contributed by atoms with Crippen molar-refractivity contribution >= 4 is 36.6 Å². The summed E-state index contributed by atoms with van der Waals surface area (Å²) in [6.45, 7) is 14.3. The lowest BCUT2D eigenvalue weighted by Crippen LogP contribution is -2.47.